The van der Waals surface area contributed by atoms with Gasteiger partial charge in [0, 0.05) is 12.7 Å². The average Bonchev–Trinajstić information content (AvgIpc) is 3.16. The van der Waals surface area contributed by atoms with Gasteiger partial charge in [0.15, 0.2) is 0 Å². The fourth-order valence-corrected chi connectivity index (χ4v) is 2.82. The van der Waals surface area contributed by atoms with Crippen LogP contribution in [0.3, 0.4) is 0 Å². The van der Waals surface area contributed by atoms with E-state index < -0.39 is 0 Å². The number of carbonyl (C=O) groups excluding carboxylic acids is 1. The second kappa shape index (κ2) is 10.0. The summed E-state index contributed by atoms with van der Waals surface area (Å²) in [7, 11) is 1.62. The van der Waals surface area contributed by atoms with E-state index >= 15 is 0 Å². The first-order valence-corrected chi connectivity index (χ1v) is 8.57. The molecule has 1 saturated heterocycles. The van der Waals surface area contributed by atoms with E-state index in [1.807, 2.05) is 35.1 Å². The highest BCUT2D eigenvalue weighted by Gasteiger charge is 2.17. The maximum Gasteiger partial charge on any atom is 0.271 e. The van der Waals surface area contributed by atoms with E-state index in [4.69, 9.17) is 9.47 Å². The number of rotatable bonds is 7. The van der Waals surface area contributed by atoms with E-state index in [1.54, 1.807) is 13.2 Å². The molecule has 0 saturated carbocycles. The number of benzene rings is 1. The summed E-state index contributed by atoms with van der Waals surface area (Å²) in [6.45, 7) is 2.77. The van der Waals surface area contributed by atoms with Crippen LogP contribution in [0.4, 0.5) is 0 Å². The largest absolute Gasteiger partial charge is 0.497 e. The number of nitrogens with zero attached hydrogens (tertiary/aromatic N) is 2. The van der Waals surface area contributed by atoms with Gasteiger partial charge in [-0.05, 0) is 49.7 Å². The van der Waals surface area contributed by atoms with Crippen molar-refractivity contribution in [1.82, 2.24) is 20.4 Å². The molecule has 1 aromatic heterocycles. The Morgan fingerprint density at radius 1 is 1.31 bits per heavy atom. The quantitative estimate of drug-likeness (QED) is 0.719. The summed E-state index contributed by atoms with van der Waals surface area (Å²) in [4.78, 5) is 12.2. The summed E-state index contributed by atoms with van der Waals surface area (Å²) in [6.07, 6.45) is 4.10. The molecule has 0 bridgehead atoms. The van der Waals surface area contributed by atoms with Crippen molar-refractivity contribution in [3.8, 4) is 11.5 Å². The Morgan fingerprint density at radius 3 is 2.77 bits per heavy atom. The molecular formula is C18H25ClN4O3. The Bertz CT molecular complexity index is 684. The molecule has 1 unspecified atom stereocenters. The minimum absolute atomic E-state index is 0. The second-order valence-corrected chi connectivity index (χ2v) is 5.96. The zero-order valence-electron chi connectivity index (χ0n) is 14.8. The number of piperidine rings is 1. The smallest absolute Gasteiger partial charge is 0.271 e. The first kappa shape index (κ1) is 20.1. The summed E-state index contributed by atoms with van der Waals surface area (Å²) >= 11 is 0. The lowest BCUT2D eigenvalue weighted by atomic mass is 10.1. The normalized spacial score (nSPS) is 16.4. The number of amides is 1. The average molecular weight is 381 g/mol. The predicted octanol–water partition coefficient (Wildman–Crippen LogP) is 2.05. The highest BCUT2D eigenvalue weighted by Crippen LogP contribution is 2.17. The molecular weight excluding hydrogens is 356 g/mol. The maximum absolute atomic E-state index is 12.2. The molecule has 26 heavy (non-hydrogen) atoms. The number of carbonyl (C=O) groups is 1. The Balaban J connectivity index is 0.00000243. The first-order chi connectivity index (χ1) is 12.3. The lowest BCUT2D eigenvalue weighted by molar-refractivity contribution is 0.0940. The molecule has 1 aliphatic rings. The van der Waals surface area contributed by atoms with Crippen LogP contribution in [-0.4, -0.2) is 49.0 Å². The zero-order chi connectivity index (χ0) is 17.5. The van der Waals surface area contributed by atoms with E-state index in [1.165, 1.54) is 0 Å². The van der Waals surface area contributed by atoms with Gasteiger partial charge in [-0.25, -0.2) is 0 Å². The topological polar surface area (TPSA) is 77.4 Å². The molecule has 0 aliphatic carbocycles. The van der Waals surface area contributed by atoms with Crippen LogP contribution in [-0.2, 0) is 0 Å². The summed E-state index contributed by atoms with van der Waals surface area (Å²) in [5.41, 5.74) is 0.440. The fraction of sp³-hybridized carbons (Fsp3) is 0.444. The number of ether oxygens (including phenoxy) is 2. The Hall–Kier alpha value is -2.25. The van der Waals surface area contributed by atoms with Gasteiger partial charge in [-0.2, -0.15) is 5.10 Å². The van der Waals surface area contributed by atoms with Crippen molar-refractivity contribution in [2.24, 2.45) is 0 Å². The van der Waals surface area contributed by atoms with Gasteiger partial charge in [0.1, 0.15) is 23.8 Å². The van der Waals surface area contributed by atoms with Crippen LogP contribution in [0.15, 0.2) is 36.5 Å². The van der Waals surface area contributed by atoms with E-state index in [0.717, 1.165) is 37.4 Å². The highest BCUT2D eigenvalue weighted by molar-refractivity contribution is 5.92. The van der Waals surface area contributed by atoms with E-state index in [2.05, 4.69) is 15.7 Å². The van der Waals surface area contributed by atoms with Crippen molar-refractivity contribution in [2.75, 3.05) is 33.4 Å². The lowest BCUT2D eigenvalue weighted by Gasteiger charge is -2.22. The molecule has 1 aromatic carbocycles. The molecule has 3 rings (SSSR count). The molecule has 2 N–H and O–H groups in total. The molecule has 2 aromatic rings. The second-order valence-electron chi connectivity index (χ2n) is 5.96. The summed E-state index contributed by atoms with van der Waals surface area (Å²) in [5.74, 6) is 1.34. The number of hydrogen-bond donors (Lipinski definition) is 2. The molecule has 0 spiro atoms. The summed E-state index contributed by atoms with van der Waals surface area (Å²) < 4.78 is 12.6. The summed E-state index contributed by atoms with van der Waals surface area (Å²) in [6, 6.07) is 9.42. The molecule has 0 radical (unpaired) electrons. The van der Waals surface area contributed by atoms with Crippen molar-refractivity contribution in [1.29, 1.82) is 0 Å². The zero-order valence-corrected chi connectivity index (χ0v) is 15.6. The Kier molecular flexibility index (Phi) is 7.74. The monoisotopic (exact) mass is 380 g/mol. The van der Waals surface area contributed by atoms with E-state index in [9.17, 15) is 4.79 Å². The van der Waals surface area contributed by atoms with Gasteiger partial charge in [-0.3, -0.25) is 9.48 Å². The van der Waals surface area contributed by atoms with E-state index in [0.29, 0.717) is 24.9 Å². The first-order valence-electron chi connectivity index (χ1n) is 8.57. The minimum atomic E-state index is -0.180. The number of hydrogen-bond acceptors (Lipinski definition) is 5. The van der Waals surface area contributed by atoms with Crippen LogP contribution in [0.25, 0.3) is 0 Å². The number of methoxy groups -OCH3 is 1. The standard InChI is InChI=1S/C18H24N4O3.ClH/c1-24-15-4-6-16(7-5-15)25-12-10-20-18(23)17-8-11-22(21-17)14-3-2-9-19-13-14;/h4-8,11,14,19H,2-3,9-10,12-13H2,1H3,(H,20,23);1H. The number of nitrogens with one attached hydrogen (secondary N) is 2. The Morgan fingerprint density at radius 2 is 2.08 bits per heavy atom. The fourth-order valence-electron chi connectivity index (χ4n) is 2.82. The molecule has 1 atom stereocenters. The molecule has 142 valence electrons. The predicted molar refractivity (Wildman–Crippen MR) is 101 cm³/mol. The van der Waals surface area contributed by atoms with Crippen molar-refractivity contribution < 1.29 is 14.3 Å². The number of aromatic nitrogens is 2. The lowest BCUT2D eigenvalue weighted by Crippen LogP contribution is -2.32. The van der Waals surface area contributed by atoms with Crippen LogP contribution >= 0.6 is 12.4 Å². The van der Waals surface area contributed by atoms with Gasteiger partial charge in [0.25, 0.3) is 5.91 Å². The summed E-state index contributed by atoms with van der Waals surface area (Å²) in [5, 5.41) is 10.6. The third-order valence-corrected chi connectivity index (χ3v) is 4.20. The van der Waals surface area contributed by atoms with Gasteiger partial charge >= 0.3 is 0 Å². The highest BCUT2D eigenvalue weighted by atomic mass is 35.5. The van der Waals surface area contributed by atoms with Gasteiger partial charge in [0.05, 0.1) is 19.7 Å². The molecule has 8 heteroatoms. The van der Waals surface area contributed by atoms with Gasteiger partial charge in [0.2, 0.25) is 0 Å². The van der Waals surface area contributed by atoms with Crippen LogP contribution in [0.5, 0.6) is 11.5 Å². The Labute approximate surface area is 159 Å². The van der Waals surface area contributed by atoms with Gasteiger partial charge in [-0.1, -0.05) is 0 Å². The van der Waals surface area contributed by atoms with Crippen molar-refractivity contribution in [3.05, 3.63) is 42.2 Å². The van der Waals surface area contributed by atoms with Gasteiger partial charge < -0.3 is 20.1 Å². The van der Waals surface area contributed by atoms with Crippen LogP contribution < -0.4 is 20.1 Å². The van der Waals surface area contributed by atoms with Crippen LogP contribution in [0.1, 0.15) is 29.4 Å². The van der Waals surface area contributed by atoms with E-state index in [-0.39, 0.29) is 18.3 Å². The molecule has 1 amide bonds. The SMILES string of the molecule is COc1ccc(OCCNC(=O)c2ccn(C3CCCNC3)n2)cc1.Cl. The molecule has 1 aliphatic heterocycles. The van der Waals surface area contributed by atoms with Crippen LogP contribution in [0, 0.1) is 0 Å². The minimum Gasteiger partial charge on any atom is -0.497 e. The van der Waals surface area contributed by atoms with Crippen LogP contribution in [0.2, 0.25) is 0 Å². The number of halogens is 1. The third-order valence-electron chi connectivity index (χ3n) is 4.20. The van der Waals surface area contributed by atoms with Gasteiger partial charge in [-0.15, -0.1) is 12.4 Å². The molecule has 1 fully saturated rings. The van der Waals surface area contributed by atoms with Crippen molar-refractivity contribution in [2.45, 2.75) is 18.9 Å². The molecule has 7 nitrogen and oxygen atoms in total. The molecule has 2 heterocycles. The van der Waals surface area contributed by atoms with Crippen molar-refractivity contribution >= 4 is 18.3 Å². The maximum atomic E-state index is 12.2. The third kappa shape index (κ3) is 5.37. The van der Waals surface area contributed by atoms with Crippen molar-refractivity contribution in [3.63, 3.8) is 0 Å².